The summed E-state index contributed by atoms with van der Waals surface area (Å²) in [6.45, 7) is 5.91. The van der Waals surface area contributed by atoms with Crippen LogP contribution in [0.25, 0.3) is 0 Å². The van der Waals surface area contributed by atoms with Crippen LogP contribution in [0, 0.1) is 5.92 Å². The second-order valence-electron chi connectivity index (χ2n) is 7.25. The molecule has 0 bridgehead atoms. The van der Waals surface area contributed by atoms with Crippen molar-refractivity contribution in [3.05, 3.63) is 48.0 Å². The predicted octanol–water partition coefficient (Wildman–Crippen LogP) is 5.10. The van der Waals surface area contributed by atoms with Crippen molar-refractivity contribution in [2.45, 2.75) is 71.3 Å². The van der Waals surface area contributed by atoms with Crippen LogP contribution in [0.1, 0.15) is 64.9 Å². The molecule has 1 aromatic carbocycles. The lowest BCUT2D eigenvalue weighted by Gasteiger charge is -2.17. The molecule has 0 saturated carbocycles. The van der Waals surface area contributed by atoms with E-state index in [1.54, 1.807) is 6.08 Å². The smallest absolute Gasteiger partial charge is 0.155 e. The van der Waals surface area contributed by atoms with Gasteiger partial charge in [0, 0.05) is 6.42 Å². The third-order valence-corrected chi connectivity index (χ3v) is 4.06. The molecule has 1 atom stereocenters. The SMILES string of the molecule is C[C@@H](C/C=C/C(=O)CCCc1ccccc1)CCCC(C)(C)O. The second kappa shape index (κ2) is 10.4. The van der Waals surface area contributed by atoms with Gasteiger partial charge in [-0.2, -0.15) is 0 Å². The van der Waals surface area contributed by atoms with E-state index < -0.39 is 5.60 Å². The highest BCUT2D eigenvalue weighted by Gasteiger charge is 2.12. The zero-order valence-electron chi connectivity index (χ0n) is 14.9. The number of aliphatic hydroxyl groups is 1. The maximum atomic E-state index is 11.8. The number of ketones is 1. The average Bonchev–Trinajstić information content (AvgIpc) is 2.47. The van der Waals surface area contributed by atoms with Crippen LogP contribution in [-0.4, -0.2) is 16.5 Å². The van der Waals surface area contributed by atoms with E-state index in [9.17, 15) is 9.90 Å². The molecule has 0 aliphatic rings. The Labute approximate surface area is 141 Å². The van der Waals surface area contributed by atoms with E-state index in [4.69, 9.17) is 0 Å². The lowest BCUT2D eigenvalue weighted by atomic mass is 9.95. The highest BCUT2D eigenvalue weighted by Crippen LogP contribution is 2.18. The van der Waals surface area contributed by atoms with Gasteiger partial charge in [0.05, 0.1) is 5.60 Å². The van der Waals surface area contributed by atoms with Gasteiger partial charge in [0.15, 0.2) is 5.78 Å². The number of aryl methyl sites for hydroxylation is 1. The molecular weight excluding hydrogens is 284 g/mol. The van der Waals surface area contributed by atoms with E-state index in [0.29, 0.717) is 12.3 Å². The molecule has 0 amide bonds. The molecule has 1 rings (SSSR count). The normalized spacial score (nSPS) is 13.4. The van der Waals surface area contributed by atoms with E-state index >= 15 is 0 Å². The first-order valence-corrected chi connectivity index (χ1v) is 8.82. The summed E-state index contributed by atoms with van der Waals surface area (Å²) in [5, 5.41) is 9.69. The van der Waals surface area contributed by atoms with Gasteiger partial charge in [-0.3, -0.25) is 4.79 Å². The molecule has 0 saturated heterocycles. The molecule has 1 N–H and O–H groups in total. The van der Waals surface area contributed by atoms with Crippen molar-refractivity contribution < 1.29 is 9.90 Å². The fraction of sp³-hybridized carbons (Fsp3) is 0.571. The van der Waals surface area contributed by atoms with E-state index in [2.05, 4.69) is 19.1 Å². The molecule has 23 heavy (non-hydrogen) atoms. The van der Waals surface area contributed by atoms with Crippen LogP contribution in [0.2, 0.25) is 0 Å². The molecule has 0 spiro atoms. The molecule has 2 heteroatoms. The first-order valence-electron chi connectivity index (χ1n) is 8.82. The Bertz CT molecular complexity index is 468. The molecular formula is C21H32O2. The van der Waals surface area contributed by atoms with Gasteiger partial charge >= 0.3 is 0 Å². The Balaban J connectivity index is 2.12. The lowest BCUT2D eigenvalue weighted by molar-refractivity contribution is -0.114. The van der Waals surface area contributed by atoms with Crippen LogP contribution in [0.5, 0.6) is 0 Å². The molecule has 0 aliphatic heterocycles. The Kier molecular flexibility index (Phi) is 8.86. The fourth-order valence-corrected chi connectivity index (χ4v) is 2.63. The summed E-state index contributed by atoms with van der Waals surface area (Å²) in [4.78, 5) is 11.8. The summed E-state index contributed by atoms with van der Waals surface area (Å²) in [7, 11) is 0. The Hall–Kier alpha value is -1.41. The minimum Gasteiger partial charge on any atom is -0.390 e. The molecule has 2 nitrogen and oxygen atoms in total. The molecule has 0 aliphatic carbocycles. The van der Waals surface area contributed by atoms with E-state index in [0.717, 1.165) is 38.5 Å². The number of hydrogen-bond acceptors (Lipinski definition) is 2. The molecule has 0 aromatic heterocycles. The summed E-state index contributed by atoms with van der Waals surface area (Å²) in [6, 6.07) is 10.3. The van der Waals surface area contributed by atoms with Crippen LogP contribution in [0.15, 0.2) is 42.5 Å². The van der Waals surface area contributed by atoms with Crippen molar-refractivity contribution in [1.82, 2.24) is 0 Å². The van der Waals surface area contributed by atoms with Crippen LogP contribution in [0.3, 0.4) is 0 Å². The molecule has 0 unspecified atom stereocenters. The van der Waals surface area contributed by atoms with Crippen LogP contribution >= 0.6 is 0 Å². The van der Waals surface area contributed by atoms with Crippen molar-refractivity contribution in [3.63, 3.8) is 0 Å². The first-order chi connectivity index (χ1) is 10.9. The number of benzene rings is 1. The average molecular weight is 316 g/mol. The summed E-state index contributed by atoms with van der Waals surface area (Å²) >= 11 is 0. The fourth-order valence-electron chi connectivity index (χ4n) is 2.63. The molecule has 0 heterocycles. The van der Waals surface area contributed by atoms with Gasteiger partial charge in [0.1, 0.15) is 0 Å². The molecule has 0 radical (unpaired) electrons. The maximum Gasteiger partial charge on any atom is 0.155 e. The quantitative estimate of drug-likeness (QED) is 0.577. The van der Waals surface area contributed by atoms with Gasteiger partial charge in [-0.25, -0.2) is 0 Å². The van der Waals surface area contributed by atoms with Crippen LogP contribution < -0.4 is 0 Å². The van der Waals surface area contributed by atoms with Crippen molar-refractivity contribution in [3.8, 4) is 0 Å². The molecule has 1 aromatic rings. The zero-order chi connectivity index (χ0) is 17.1. The summed E-state index contributed by atoms with van der Waals surface area (Å²) < 4.78 is 0. The van der Waals surface area contributed by atoms with E-state index in [1.165, 1.54) is 5.56 Å². The third kappa shape index (κ3) is 10.9. The molecule has 128 valence electrons. The number of rotatable bonds is 11. The Morgan fingerprint density at radius 1 is 1.22 bits per heavy atom. The highest BCUT2D eigenvalue weighted by atomic mass is 16.3. The second-order valence-corrected chi connectivity index (χ2v) is 7.25. The van der Waals surface area contributed by atoms with Crippen molar-refractivity contribution >= 4 is 5.78 Å². The largest absolute Gasteiger partial charge is 0.390 e. The van der Waals surface area contributed by atoms with Crippen molar-refractivity contribution in [1.29, 1.82) is 0 Å². The van der Waals surface area contributed by atoms with Gasteiger partial charge < -0.3 is 5.11 Å². The van der Waals surface area contributed by atoms with Crippen molar-refractivity contribution in [2.75, 3.05) is 0 Å². The zero-order valence-corrected chi connectivity index (χ0v) is 14.9. The standard InChI is InChI=1S/C21H32O2/c1-18(11-9-17-21(2,3)23)10-7-15-20(22)16-8-14-19-12-5-4-6-13-19/h4-7,12-13,15,18,23H,8-11,14,16-17H2,1-3H3/b15-7+/t18-/m0/s1. The number of carbonyl (C=O) groups is 1. The van der Waals surface area contributed by atoms with Gasteiger partial charge in [-0.1, -0.05) is 56.2 Å². The molecule has 0 fully saturated rings. The van der Waals surface area contributed by atoms with Crippen LogP contribution in [-0.2, 0) is 11.2 Å². The summed E-state index contributed by atoms with van der Waals surface area (Å²) in [5.41, 5.74) is 0.731. The van der Waals surface area contributed by atoms with Gasteiger partial charge in [-0.05, 0) is 57.1 Å². The first kappa shape index (κ1) is 19.6. The maximum absolute atomic E-state index is 11.8. The number of carbonyl (C=O) groups excluding carboxylic acids is 1. The van der Waals surface area contributed by atoms with E-state index in [-0.39, 0.29) is 5.78 Å². The predicted molar refractivity (Wildman–Crippen MR) is 97.5 cm³/mol. The number of allylic oxidation sites excluding steroid dienone is 2. The van der Waals surface area contributed by atoms with Crippen molar-refractivity contribution in [2.24, 2.45) is 5.92 Å². The Morgan fingerprint density at radius 3 is 2.57 bits per heavy atom. The monoisotopic (exact) mass is 316 g/mol. The van der Waals surface area contributed by atoms with E-state index in [1.807, 2.05) is 38.1 Å². The highest BCUT2D eigenvalue weighted by molar-refractivity contribution is 5.89. The van der Waals surface area contributed by atoms with Gasteiger partial charge in [0.25, 0.3) is 0 Å². The lowest BCUT2D eigenvalue weighted by Crippen LogP contribution is -2.18. The number of hydrogen-bond donors (Lipinski definition) is 1. The van der Waals surface area contributed by atoms with Gasteiger partial charge in [-0.15, -0.1) is 0 Å². The Morgan fingerprint density at radius 2 is 1.91 bits per heavy atom. The summed E-state index contributed by atoms with van der Waals surface area (Å²) in [5.74, 6) is 0.787. The topological polar surface area (TPSA) is 37.3 Å². The minimum atomic E-state index is -0.565. The minimum absolute atomic E-state index is 0.227. The van der Waals surface area contributed by atoms with Gasteiger partial charge in [0.2, 0.25) is 0 Å². The van der Waals surface area contributed by atoms with Crippen LogP contribution in [0.4, 0.5) is 0 Å². The summed E-state index contributed by atoms with van der Waals surface area (Å²) in [6.07, 6.45) is 10.2. The third-order valence-electron chi connectivity index (χ3n) is 4.06.